The summed E-state index contributed by atoms with van der Waals surface area (Å²) in [5.41, 5.74) is 0.408. The van der Waals surface area contributed by atoms with E-state index in [0.717, 1.165) is 62.3 Å². The molecule has 0 unspecified atom stereocenters. The average molecular weight is 331 g/mol. The third-order valence-corrected chi connectivity index (χ3v) is 6.30. The quantitative estimate of drug-likeness (QED) is 0.839. The summed E-state index contributed by atoms with van der Waals surface area (Å²) in [5.74, 6) is 0.854. The normalized spacial score (nSPS) is 23.9. The van der Waals surface area contributed by atoms with E-state index >= 15 is 0 Å². The van der Waals surface area contributed by atoms with Crippen molar-refractivity contribution in [2.45, 2.75) is 64.2 Å². The molecule has 1 aromatic rings. The average Bonchev–Trinajstić information content (AvgIpc) is 3.24. The number of amides is 1. The Kier molecular flexibility index (Phi) is 4.72. The highest BCUT2D eigenvalue weighted by Crippen LogP contribution is 2.41. The first kappa shape index (κ1) is 16.4. The summed E-state index contributed by atoms with van der Waals surface area (Å²) in [6.07, 6.45) is 5.57. The van der Waals surface area contributed by atoms with Crippen molar-refractivity contribution in [1.82, 2.24) is 9.88 Å². The summed E-state index contributed by atoms with van der Waals surface area (Å²) in [6, 6.07) is 2.34. The van der Waals surface area contributed by atoms with Crippen LogP contribution in [0, 0.1) is 16.7 Å². The smallest absolute Gasteiger partial charge is 0.243 e. The minimum absolute atomic E-state index is 0.0721. The van der Waals surface area contributed by atoms with Crippen molar-refractivity contribution in [1.29, 1.82) is 5.26 Å². The summed E-state index contributed by atoms with van der Waals surface area (Å²) in [4.78, 5) is 19.7. The fourth-order valence-corrected chi connectivity index (χ4v) is 4.88. The van der Waals surface area contributed by atoms with Crippen LogP contribution in [0.3, 0.4) is 0 Å². The molecule has 1 aliphatic carbocycles. The molecule has 1 atom stereocenters. The zero-order chi connectivity index (χ0) is 16.4. The maximum absolute atomic E-state index is 12.9. The van der Waals surface area contributed by atoms with E-state index in [4.69, 9.17) is 4.98 Å². The zero-order valence-electron chi connectivity index (χ0n) is 14.0. The van der Waals surface area contributed by atoms with Gasteiger partial charge in [0.25, 0.3) is 0 Å². The molecule has 4 nitrogen and oxygen atoms in total. The maximum atomic E-state index is 12.9. The molecule has 2 heterocycles. The third-order valence-electron chi connectivity index (χ3n) is 5.27. The summed E-state index contributed by atoms with van der Waals surface area (Å²) >= 11 is 1.72. The molecule has 1 aliphatic heterocycles. The SMILES string of the molecule is CC(C)c1csc([C@@H]2CCCN(C(=O)C3(C#N)CCCC3)C2)n1. The van der Waals surface area contributed by atoms with Crippen molar-refractivity contribution in [2.75, 3.05) is 13.1 Å². The fourth-order valence-electron chi connectivity index (χ4n) is 3.77. The second kappa shape index (κ2) is 6.60. The van der Waals surface area contributed by atoms with Gasteiger partial charge in [0.05, 0.1) is 16.8 Å². The number of likely N-dealkylation sites (tertiary alicyclic amines) is 1. The molecule has 2 fully saturated rings. The summed E-state index contributed by atoms with van der Waals surface area (Å²) in [6.45, 7) is 5.84. The van der Waals surface area contributed by atoms with Crippen LogP contribution in [0.5, 0.6) is 0 Å². The number of hydrogen-bond donors (Lipinski definition) is 0. The lowest BCUT2D eigenvalue weighted by atomic mass is 9.85. The number of carbonyl (C=O) groups is 1. The molecular weight excluding hydrogens is 306 g/mol. The molecule has 0 aromatic carbocycles. The van der Waals surface area contributed by atoms with Gasteiger partial charge in [0.15, 0.2) is 0 Å². The van der Waals surface area contributed by atoms with Crippen LogP contribution in [0.1, 0.15) is 74.9 Å². The van der Waals surface area contributed by atoms with Crippen LogP contribution in [-0.2, 0) is 4.79 Å². The molecular formula is C18H25N3OS. The number of nitrogens with zero attached hydrogens (tertiary/aromatic N) is 3. The van der Waals surface area contributed by atoms with Gasteiger partial charge in [0, 0.05) is 24.4 Å². The monoisotopic (exact) mass is 331 g/mol. The Labute approximate surface area is 142 Å². The zero-order valence-corrected chi connectivity index (χ0v) is 14.9. The Morgan fingerprint density at radius 1 is 1.43 bits per heavy atom. The largest absolute Gasteiger partial charge is 0.341 e. The van der Waals surface area contributed by atoms with Crippen LogP contribution in [0.25, 0.3) is 0 Å². The van der Waals surface area contributed by atoms with E-state index in [9.17, 15) is 10.1 Å². The molecule has 0 radical (unpaired) electrons. The number of aromatic nitrogens is 1. The highest BCUT2D eigenvalue weighted by atomic mass is 32.1. The third kappa shape index (κ3) is 3.14. The van der Waals surface area contributed by atoms with Crippen molar-refractivity contribution in [2.24, 2.45) is 5.41 Å². The Balaban J connectivity index is 1.73. The van der Waals surface area contributed by atoms with E-state index < -0.39 is 5.41 Å². The van der Waals surface area contributed by atoms with Crippen LogP contribution >= 0.6 is 11.3 Å². The Bertz CT molecular complexity index is 610. The van der Waals surface area contributed by atoms with Gasteiger partial charge in [0.1, 0.15) is 5.41 Å². The van der Waals surface area contributed by atoms with Gasteiger partial charge >= 0.3 is 0 Å². The molecule has 1 saturated carbocycles. The number of carbonyl (C=O) groups excluding carboxylic acids is 1. The molecule has 1 amide bonds. The highest BCUT2D eigenvalue weighted by Gasteiger charge is 2.45. The standard InChI is InChI=1S/C18H25N3OS/c1-13(2)15-11-23-16(20-15)14-6-5-9-21(10-14)17(22)18(12-19)7-3-4-8-18/h11,13-14H,3-10H2,1-2H3/t14-/m1/s1. The van der Waals surface area contributed by atoms with E-state index in [1.54, 1.807) is 11.3 Å². The Hall–Kier alpha value is -1.41. The lowest BCUT2D eigenvalue weighted by Gasteiger charge is -2.35. The van der Waals surface area contributed by atoms with Crippen molar-refractivity contribution < 1.29 is 4.79 Å². The highest BCUT2D eigenvalue weighted by molar-refractivity contribution is 7.09. The van der Waals surface area contributed by atoms with Gasteiger partial charge in [-0.25, -0.2) is 4.98 Å². The van der Waals surface area contributed by atoms with Gasteiger partial charge in [-0.1, -0.05) is 26.7 Å². The first-order valence-corrected chi connectivity index (χ1v) is 9.59. The predicted molar refractivity (Wildman–Crippen MR) is 91.3 cm³/mol. The van der Waals surface area contributed by atoms with E-state index in [2.05, 4.69) is 25.3 Å². The van der Waals surface area contributed by atoms with Gasteiger partial charge in [-0.15, -0.1) is 11.3 Å². The summed E-state index contributed by atoms with van der Waals surface area (Å²) in [5, 5.41) is 12.9. The number of nitriles is 1. The first-order chi connectivity index (χ1) is 11.1. The second-order valence-electron chi connectivity index (χ2n) is 7.26. The lowest BCUT2D eigenvalue weighted by molar-refractivity contribution is -0.140. The van der Waals surface area contributed by atoms with Crippen LogP contribution < -0.4 is 0 Å². The van der Waals surface area contributed by atoms with E-state index in [1.165, 1.54) is 0 Å². The molecule has 1 aromatic heterocycles. The van der Waals surface area contributed by atoms with Crippen molar-refractivity contribution in [3.8, 4) is 6.07 Å². The Morgan fingerprint density at radius 2 is 2.17 bits per heavy atom. The van der Waals surface area contributed by atoms with Crippen LogP contribution in [-0.4, -0.2) is 28.9 Å². The minimum Gasteiger partial charge on any atom is -0.341 e. The van der Waals surface area contributed by atoms with Gasteiger partial charge < -0.3 is 4.90 Å². The van der Waals surface area contributed by atoms with Crippen LogP contribution in [0.15, 0.2) is 5.38 Å². The second-order valence-corrected chi connectivity index (χ2v) is 8.15. The summed E-state index contributed by atoms with van der Waals surface area (Å²) in [7, 11) is 0. The maximum Gasteiger partial charge on any atom is 0.243 e. The van der Waals surface area contributed by atoms with Gasteiger partial charge in [-0.2, -0.15) is 5.26 Å². The molecule has 5 heteroatoms. The predicted octanol–water partition coefficient (Wildman–Crippen LogP) is 4.06. The van der Waals surface area contributed by atoms with E-state index in [-0.39, 0.29) is 5.91 Å². The van der Waals surface area contributed by atoms with Crippen molar-refractivity contribution in [3.05, 3.63) is 16.1 Å². The summed E-state index contributed by atoms with van der Waals surface area (Å²) < 4.78 is 0. The number of thiazole rings is 1. The molecule has 0 N–H and O–H groups in total. The van der Waals surface area contributed by atoms with Crippen molar-refractivity contribution in [3.63, 3.8) is 0 Å². The Morgan fingerprint density at radius 3 is 2.78 bits per heavy atom. The fraction of sp³-hybridized carbons (Fsp3) is 0.722. The van der Waals surface area contributed by atoms with Gasteiger partial charge in [0.2, 0.25) is 5.91 Å². The molecule has 124 valence electrons. The van der Waals surface area contributed by atoms with Crippen LogP contribution in [0.4, 0.5) is 0 Å². The van der Waals surface area contributed by atoms with E-state index in [1.807, 2.05) is 4.90 Å². The number of hydrogen-bond acceptors (Lipinski definition) is 4. The van der Waals surface area contributed by atoms with Crippen LogP contribution in [0.2, 0.25) is 0 Å². The van der Waals surface area contributed by atoms with Gasteiger partial charge in [-0.3, -0.25) is 4.79 Å². The molecule has 0 spiro atoms. The molecule has 1 saturated heterocycles. The molecule has 3 rings (SSSR count). The lowest BCUT2D eigenvalue weighted by Crippen LogP contribution is -2.46. The number of rotatable bonds is 3. The molecule has 2 aliphatic rings. The van der Waals surface area contributed by atoms with E-state index in [0.29, 0.717) is 11.8 Å². The molecule has 23 heavy (non-hydrogen) atoms. The number of piperidine rings is 1. The first-order valence-electron chi connectivity index (χ1n) is 8.72. The topological polar surface area (TPSA) is 57.0 Å². The molecule has 0 bridgehead atoms. The minimum atomic E-state index is -0.742. The van der Waals surface area contributed by atoms with Crippen molar-refractivity contribution >= 4 is 17.2 Å². The van der Waals surface area contributed by atoms with Gasteiger partial charge in [-0.05, 0) is 31.6 Å².